The van der Waals surface area contributed by atoms with Crippen LogP contribution in [0.1, 0.15) is 112 Å². The van der Waals surface area contributed by atoms with Gasteiger partial charge < -0.3 is 14.5 Å². The van der Waals surface area contributed by atoms with E-state index in [4.69, 9.17) is 9.15 Å². The zero-order chi connectivity index (χ0) is 26.1. The second-order valence-electron chi connectivity index (χ2n) is 12.2. The lowest BCUT2D eigenvalue weighted by atomic mass is 9.62. The Hall–Kier alpha value is -2.56. The fraction of sp³-hybridized carbons (Fsp3) is 0.613. The van der Waals surface area contributed by atoms with Crippen LogP contribution in [-0.2, 0) is 26.8 Å². The summed E-state index contributed by atoms with van der Waals surface area (Å²) in [6.07, 6.45) is 6.59. The van der Waals surface area contributed by atoms with Crippen molar-refractivity contribution >= 4 is 11.9 Å². The van der Waals surface area contributed by atoms with Crippen LogP contribution >= 0.6 is 0 Å². The lowest BCUT2D eigenvalue weighted by Gasteiger charge is -2.42. The van der Waals surface area contributed by atoms with Gasteiger partial charge in [0, 0.05) is 13.0 Å². The number of carbonyl (C=O) groups excluding carboxylic acids is 2. The zero-order valence-electron chi connectivity index (χ0n) is 23.0. The van der Waals surface area contributed by atoms with Crippen LogP contribution < -0.4 is 5.32 Å². The second-order valence-corrected chi connectivity index (χ2v) is 12.2. The highest BCUT2D eigenvalue weighted by Crippen LogP contribution is 2.46. The van der Waals surface area contributed by atoms with Gasteiger partial charge >= 0.3 is 5.97 Å². The molecule has 1 amide bonds. The van der Waals surface area contributed by atoms with Gasteiger partial charge in [0.25, 0.3) is 5.91 Å². The van der Waals surface area contributed by atoms with E-state index in [1.165, 1.54) is 35.1 Å². The van der Waals surface area contributed by atoms with Crippen LogP contribution in [0.15, 0.2) is 28.7 Å². The minimum Gasteiger partial charge on any atom is -0.466 e. The Balaban J connectivity index is 1.36. The number of aryl methyl sites for hydroxylation is 1. The predicted octanol–water partition coefficient (Wildman–Crippen LogP) is 6.63. The molecule has 2 aliphatic rings. The van der Waals surface area contributed by atoms with Gasteiger partial charge in [-0.2, -0.15) is 0 Å². The monoisotopic (exact) mass is 493 g/mol. The molecule has 36 heavy (non-hydrogen) atoms. The number of benzene rings is 1. The summed E-state index contributed by atoms with van der Waals surface area (Å²) >= 11 is 0. The van der Waals surface area contributed by atoms with E-state index in [0.29, 0.717) is 31.3 Å². The molecule has 5 nitrogen and oxygen atoms in total. The van der Waals surface area contributed by atoms with Crippen LogP contribution in [-0.4, -0.2) is 25.0 Å². The molecule has 1 N–H and O–H groups in total. The first-order chi connectivity index (χ1) is 17.0. The third-order valence-corrected chi connectivity index (χ3v) is 8.58. The van der Waals surface area contributed by atoms with E-state index in [1.807, 2.05) is 13.0 Å². The van der Waals surface area contributed by atoms with Gasteiger partial charge in [-0.05, 0) is 104 Å². The van der Waals surface area contributed by atoms with Crippen molar-refractivity contribution in [2.24, 2.45) is 11.8 Å². The Bertz CT molecular complexity index is 1100. The molecule has 1 fully saturated rings. The molecule has 0 aliphatic heterocycles. The summed E-state index contributed by atoms with van der Waals surface area (Å²) in [5, 5.41) is 3.04. The van der Waals surface area contributed by atoms with Crippen LogP contribution in [0, 0.1) is 18.8 Å². The van der Waals surface area contributed by atoms with Gasteiger partial charge in [-0.15, -0.1) is 0 Å². The molecule has 0 radical (unpaired) electrons. The Morgan fingerprint density at radius 2 is 1.64 bits per heavy atom. The molecule has 196 valence electrons. The van der Waals surface area contributed by atoms with Crippen LogP contribution in [0.5, 0.6) is 0 Å². The maximum atomic E-state index is 12.7. The molecule has 0 saturated heterocycles. The fourth-order valence-corrected chi connectivity index (χ4v) is 5.93. The van der Waals surface area contributed by atoms with Crippen LogP contribution in [0.25, 0.3) is 0 Å². The maximum absolute atomic E-state index is 12.7. The number of nitrogens with one attached hydrogen (secondary N) is 1. The summed E-state index contributed by atoms with van der Waals surface area (Å²) in [5.74, 6) is 1.32. The quantitative estimate of drug-likeness (QED) is 0.440. The van der Waals surface area contributed by atoms with E-state index in [0.717, 1.165) is 31.4 Å². The van der Waals surface area contributed by atoms with E-state index in [2.05, 4.69) is 52.1 Å². The van der Waals surface area contributed by atoms with Gasteiger partial charge in [-0.3, -0.25) is 9.59 Å². The molecule has 4 rings (SSSR count). The Kier molecular flexibility index (Phi) is 7.68. The third-order valence-electron chi connectivity index (χ3n) is 8.58. The van der Waals surface area contributed by atoms with Gasteiger partial charge in [-0.25, -0.2) is 0 Å². The fourth-order valence-electron chi connectivity index (χ4n) is 5.93. The minimum atomic E-state index is -0.168. The standard InChI is InChI=1S/C31H43NO4/c1-7-35-29(34)22-10-8-21(9-11-22)19-32-28(33)27-13-12-24(36-27)17-23-18-26-25(16-20(23)2)30(3,4)14-15-31(26,5)6/h12-13,16,18,21-22H,7-11,14-15,17,19H2,1-6H3,(H,32,33). The minimum absolute atomic E-state index is 0.00762. The highest BCUT2D eigenvalue weighted by molar-refractivity contribution is 5.91. The lowest BCUT2D eigenvalue weighted by molar-refractivity contribution is -0.149. The third kappa shape index (κ3) is 5.71. The number of ether oxygens (including phenoxy) is 1. The summed E-state index contributed by atoms with van der Waals surface area (Å²) in [4.78, 5) is 24.7. The van der Waals surface area contributed by atoms with Crippen LogP contribution in [0.2, 0.25) is 0 Å². The topological polar surface area (TPSA) is 68.5 Å². The van der Waals surface area contributed by atoms with Crippen LogP contribution in [0.3, 0.4) is 0 Å². The number of hydrogen-bond acceptors (Lipinski definition) is 4. The summed E-state index contributed by atoms with van der Waals surface area (Å²) < 4.78 is 11.1. The Labute approximate surface area is 216 Å². The number of furan rings is 1. The molecule has 1 heterocycles. The second kappa shape index (κ2) is 10.4. The Morgan fingerprint density at radius 3 is 2.28 bits per heavy atom. The highest BCUT2D eigenvalue weighted by atomic mass is 16.5. The van der Waals surface area contributed by atoms with Gasteiger partial charge in [0.2, 0.25) is 0 Å². The number of hydrogen-bond donors (Lipinski definition) is 1. The predicted molar refractivity (Wildman–Crippen MR) is 142 cm³/mol. The molecule has 1 aromatic carbocycles. The molecule has 5 heteroatoms. The lowest BCUT2D eigenvalue weighted by Crippen LogP contribution is -2.34. The molecule has 1 saturated carbocycles. The van der Waals surface area contributed by atoms with Crippen molar-refractivity contribution in [3.8, 4) is 0 Å². The van der Waals surface area contributed by atoms with Crippen molar-refractivity contribution in [3.05, 3.63) is 58.0 Å². The normalized spacial score (nSPS) is 22.5. The van der Waals surface area contributed by atoms with E-state index in [-0.39, 0.29) is 28.6 Å². The van der Waals surface area contributed by atoms with Gasteiger partial charge in [-0.1, -0.05) is 39.8 Å². The summed E-state index contributed by atoms with van der Waals surface area (Å²) in [5.41, 5.74) is 5.82. The van der Waals surface area contributed by atoms with Gasteiger partial charge in [0.1, 0.15) is 5.76 Å². The number of fused-ring (bicyclic) bond motifs is 1. The summed E-state index contributed by atoms with van der Waals surface area (Å²) in [6.45, 7) is 14.5. The SMILES string of the molecule is CCOC(=O)C1CCC(CNC(=O)c2ccc(Cc3cc4c(cc3C)C(C)(C)CCC4(C)C)o2)CC1. The maximum Gasteiger partial charge on any atom is 0.308 e. The highest BCUT2D eigenvalue weighted by Gasteiger charge is 2.37. The molecular formula is C31H43NO4. The molecule has 0 unspecified atom stereocenters. The van der Waals surface area contributed by atoms with Crippen molar-refractivity contribution < 1.29 is 18.7 Å². The molecule has 0 bridgehead atoms. The summed E-state index contributed by atoms with van der Waals surface area (Å²) in [6, 6.07) is 8.45. The number of amides is 1. The van der Waals surface area contributed by atoms with E-state index < -0.39 is 0 Å². The van der Waals surface area contributed by atoms with E-state index in [9.17, 15) is 9.59 Å². The number of rotatable bonds is 7. The zero-order valence-corrected chi connectivity index (χ0v) is 23.0. The van der Waals surface area contributed by atoms with Crippen molar-refractivity contribution in [1.29, 1.82) is 0 Å². The molecule has 0 atom stereocenters. The van der Waals surface area contributed by atoms with Gasteiger partial charge in [0.15, 0.2) is 5.76 Å². The number of esters is 1. The number of carbonyl (C=O) groups is 2. The first-order valence-electron chi connectivity index (χ1n) is 13.7. The van der Waals surface area contributed by atoms with E-state index in [1.54, 1.807) is 6.07 Å². The van der Waals surface area contributed by atoms with Crippen molar-refractivity contribution in [2.75, 3.05) is 13.2 Å². The Morgan fingerprint density at radius 1 is 1.00 bits per heavy atom. The largest absolute Gasteiger partial charge is 0.466 e. The molecule has 1 aromatic heterocycles. The van der Waals surface area contributed by atoms with Crippen LogP contribution in [0.4, 0.5) is 0 Å². The molecule has 2 aromatic rings. The van der Waals surface area contributed by atoms with Gasteiger partial charge in [0.05, 0.1) is 12.5 Å². The van der Waals surface area contributed by atoms with Crippen molar-refractivity contribution in [1.82, 2.24) is 5.32 Å². The first-order valence-corrected chi connectivity index (χ1v) is 13.7. The first kappa shape index (κ1) is 26.5. The average Bonchev–Trinajstić information content (AvgIpc) is 3.31. The smallest absolute Gasteiger partial charge is 0.308 e. The van der Waals surface area contributed by atoms with Crippen molar-refractivity contribution in [2.45, 2.75) is 97.3 Å². The molecule has 0 spiro atoms. The molecule has 2 aliphatic carbocycles. The van der Waals surface area contributed by atoms with Crippen molar-refractivity contribution in [3.63, 3.8) is 0 Å². The summed E-state index contributed by atoms with van der Waals surface area (Å²) in [7, 11) is 0. The van der Waals surface area contributed by atoms with E-state index >= 15 is 0 Å². The average molecular weight is 494 g/mol. The molecular weight excluding hydrogens is 450 g/mol.